The van der Waals surface area contributed by atoms with Crippen LogP contribution in [0.2, 0.25) is 0 Å². The molecule has 2 amide bonds. The average molecular weight is 569 g/mol. The van der Waals surface area contributed by atoms with Crippen LogP contribution in [-0.4, -0.2) is 52.6 Å². The molecule has 7 rings (SSSR count). The molecule has 1 aliphatic carbocycles. The van der Waals surface area contributed by atoms with Crippen LogP contribution in [0.15, 0.2) is 60.9 Å². The van der Waals surface area contributed by atoms with Gasteiger partial charge < -0.3 is 10.2 Å². The van der Waals surface area contributed by atoms with Gasteiger partial charge in [-0.15, -0.1) is 0 Å². The van der Waals surface area contributed by atoms with Crippen molar-refractivity contribution in [2.45, 2.75) is 39.3 Å². The fourth-order valence-electron chi connectivity index (χ4n) is 5.28. The molecule has 2 aliphatic rings. The minimum absolute atomic E-state index is 0.101. The van der Waals surface area contributed by atoms with Crippen molar-refractivity contribution >= 4 is 23.3 Å². The highest BCUT2D eigenvalue weighted by Gasteiger charge is 2.41. The number of nitrogens with one attached hydrogen (secondary N) is 1. The van der Waals surface area contributed by atoms with Gasteiger partial charge in [-0.1, -0.05) is 6.92 Å². The highest BCUT2D eigenvalue weighted by Crippen LogP contribution is 2.48. The lowest BCUT2D eigenvalue weighted by Crippen LogP contribution is -2.39. The van der Waals surface area contributed by atoms with Crippen molar-refractivity contribution in [3.05, 3.63) is 83.9 Å². The molecular weight excluding hydrogens is 542 g/mol. The summed E-state index contributed by atoms with van der Waals surface area (Å²) >= 11 is 0. The van der Waals surface area contributed by atoms with E-state index in [9.17, 15) is 18.4 Å². The zero-order valence-corrected chi connectivity index (χ0v) is 22.7. The molecule has 12 heteroatoms. The van der Waals surface area contributed by atoms with Crippen molar-refractivity contribution in [1.29, 1.82) is 0 Å². The molecule has 0 unspecified atom stereocenters. The van der Waals surface area contributed by atoms with Gasteiger partial charge in [0.05, 0.1) is 36.2 Å². The number of carbonyl (C=O) groups is 2. The van der Waals surface area contributed by atoms with Crippen molar-refractivity contribution < 1.29 is 18.4 Å². The minimum Gasteiger partial charge on any atom is -0.335 e. The number of halogens is 2. The fraction of sp³-hybridized carbons (Fsp3) is 0.267. The molecule has 0 radical (unpaired) electrons. The van der Waals surface area contributed by atoms with E-state index in [2.05, 4.69) is 22.2 Å². The lowest BCUT2D eigenvalue weighted by atomic mass is 10.0. The second-order valence-corrected chi connectivity index (χ2v) is 11.2. The van der Waals surface area contributed by atoms with Crippen molar-refractivity contribution in [3.8, 4) is 22.5 Å². The summed E-state index contributed by atoms with van der Waals surface area (Å²) in [5.74, 6) is -1.27. The number of hydrogen-bond acceptors (Lipinski definition) is 6. The predicted octanol–water partition coefficient (Wildman–Crippen LogP) is 4.72. The molecule has 0 bridgehead atoms. The molecular formula is C30H26F2N8O2. The third kappa shape index (κ3) is 4.89. The minimum atomic E-state index is -0.757. The third-order valence-corrected chi connectivity index (χ3v) is 7.94. The molecule has 5 aromatic rings. The van der Waals surface area contributed by atoms with Crippen LogP contribution in [-0.2, 0) is 17.9 Å². The second kappa shape index (κ2) is 9.82. The second-order valence-electron chi connectivity index (χ2n) is 11.2. The van der Waals surface area contributed by atoms with Crippen LogP contribution in [0.4, 0.5) is 14.6 Å². The molecule has 4 aromatic heterocycles. The summed E-state index contributed by atoms with van der Waals surface area (Å²) in [6.07, 6.45) is 5.45. The number of aromatic nitrogens is 6. The maximum absolute atomic E-state index is 13.8. The van der Waals surface area contributed by atoms with E-state index in [1.807, 2.05) is 15.6 Å². The van der Waals surface area contributed by atoms with Crippen molar-refractivity contribution in [2.75, 3.05) is 11.9 Å². The summed E-state index contributed by atoms with van der Waals surface area (Å²) in [6.45, 7) is 3.62. The van der Waals surface area contributed by atoms with Crippen LogP contribution in [0, 0.1) is 17.2 Å². The normalized spacial score (nSPS) is 15.5. The number of amides is 2. The molecule has 1 aromatic carbocycles. The molecule has 212 valence electrons. The quantitative estimate of drug-likeness (QED) is 0.297. The Kier molecular flexibility index (Phi) is 6.07. The Morgan fingerprint density at radius 3 is 2.60 bits per heavy atom. The summed E-state index contributed by atoms with van der Waals surface area (Å²) in [5.41, 5.74) is 4.21. The van der Waals surface area contributed by atoms with E-state index in [0.29, 0.717) is 43.1 Å². The molecule has 0 spiro atoms. The lowest BCUT2D eigenvalue weighted by molar-refractivity contribution is -0.133. The fourth-order valence-corrected chi connectivity index (χ4v) is 5.28. The van der Waals surface area contributed by atoms with Gasteiger partial charge in [-0.3, -0.25) is 14.3 Å². The van der Waals surface area contributed by atoms with E-state index in [1.54, 1.807) is 24.4 Å². The summed E-state index contributed by atoms with van der Waals surface area (Å²) in [7, 11) is 0. The largest absolute Gasteiger partial charge is 0.335 e. The van der Waals surface area contributed by atoms with E-state index in [0.717, 1.165) is 35.7 Å². The van der Waals surface area contributed by atoms with E-state index in [1.165, 1.54) is 28.9 Å². The van der Waals surface area contributed by atoms with Gasteiger partial charge >= 0.3 is 0 Å². The van der Waals surface area contributed by atoms with Gasteiger partial charge in [0.25, 0.3) is 5.91 Å². The number of hydrogen-bond donors (Lipinski definition) is 1. The maximum atomic E-state index is 13.8. The van der Waals surface area contributed by atoms with Crippen LogP contribution in [0.5, 0.6) is 0 Å². The monoisotopic (exact) mass is 568 g/mol. The first-order chi connectivity index (χ1) is 20.2. The molecule has 10 nitrogen and oxygen atoms in total. The van der Waals surface area contributed by atoms with Gasteiger partial charge in [-0.05, 0) is 60.7 Å². The molecule has 0 saturated heterocycles. The number of benzene rings is 1. The molecule has 1 aliphatic heterocycles. The van der Waals surface area contributed by atoms with Gasteiger partial charge in [0, 0.05) is 36.4 Å². The van der Waals surface area contributed by atoms with Crippen LogP contribution in [0.25, 0.3) is 28.2 Å². The molecule has 5 heterocycles. The van der Waals surface area contributed by atoms with E-state index < -0.39 is 11.9 Å². The number of nitrogens with zero attached hydrogens (tertiary/aromatic N) is 7. The Hall–Kier alpha value is -5.00. The summed E-state index contributed by atoms with van der Waals surface area (Å²) in [4.78, 5) is 35.6. The number of anilines is 1. The van der Waals surface area contributed by atoms with Crippen LogP contribution < -0.4 is 5.32 Å². The first-order valence-corrected chi connectivity index (χ1v) is 13.7. The van der Waals surface area contributed by atoms with Gasteiger partial charge in [-0.25, -0.2) is 18.9 Å². The average Bonchev–Trinajstić information content (AvgIpc) is 3.38. The summed E-state index contributed by atoms with van der Waals surface area (Å²) < 4.78 is 30.7. The van der Waals surface area contributed by atoms with Gasteiger partial charge in [0.1, 0.15) is 11.5 Å². The third-order valence-electron chi connectivity index (χ3n) is 7.94. The number of fused-ring (bicyclic) bond motifs is 2. The first-order valence-electron chi connectivity index (χ1n) is 13.7. The highest BCUT2D eigenvalue weighted by atomic mass is 19.1. The zero-order chi connectivity index (χ0) is 29.0. The lowest BCUT2D eigenvalue weighted by Gasteiger charge is -2.29. The maximum Gasteiger partial charge on any atom is 0.257 e. The van der Waals surface area contributed by atoms with Crippen LogP contribution >= 0.6 is 0 Å². The number of carbonyl (C=O) groups excluding carboxylic acids is 2. The number of pyridine rings is 1. The smallest absolute Gasteiger partial charge is 0.257 e. The van der Waals surface area contributed by atoms with Crippen molar-refractivity contribution in [2.24, 2.45) is 5.41 Å². The Morgan fingerprint density at radius 2 is 1.83 bits per heavy atom. The SMILES string of the molecule is CC1(CC(=O)N2CCn3nc(-c4ccc(F)cc4)c(-c4ccc5nc(NC(=O)c6ccnc(F)c6)cn5n4)c3C2)CC1. The van der Waals surface area contributed by atoms with Gasteiger partial charge in [-0.2, -0.15) is 14.6 Å². The van der Waals surface area contributed by atoms with Crippen LogP contribution in [0.3, 0.4) is 0 Å². The van der Waals surface area contributed by atoms with E-state index in [-0.39, 0.29) is 28.5 Å². The molecule has 0 atom stereocenters. The Labute approximate surface area is 239 Å². The van der Waals surface area contributed by atoms with Gasteiger partial charge in [0.2, 0.25) is 11.9 Å². The standard InChI is InChI=1S/C30H26F2N8O2/c1-30(9-10-30)15-26(41)38-12-13-39-22(16-38)27(28(37-39)18-2-4-20(31)5-3-18)21-6-7-25-34-24(17-40(25)36-21)35-29(42)19-8-11-33-23(32)14-19/h2-8,11,14,17H,9-10,12-13,15-16H2,1H3,(H,35,42). The highest BCUT2D eigenvalue weighted by molar-refractivity contribution is 6.03. The Morgan fingerprint density at radius 1 is 1.02 bits per heavy atom. The first kappa shape index (κ1) is 25.9. The van der Waals surface area contributed by atoms with E-state index in [4.69, 9.17) is 10.2 Å². The summed E-state index contributed by atoms with van der Waals surface area (Å²) in [6, 6.07) is 12.2. The van der Waals surface area contributed by atoms with Gasteiger partial charge in [0.15, 0.2) is 11.5 Å². The molecule has 1 fully saturated rings. The van der Waals surface area contributed by atoms with Crippen molar-refractivity contribution in [1.82, 2.24) is 34.3 Å². The summed E-state index contributed by atoms with van der Waals surface area (Å²) in [5, 5.41) is 12.3. The van der Waals surface area contributed by atoms with Crippen molar-refractivity contribution in [3.63, 3.8) is 0 Å². The molecule has 1 N–H and O–H groups in total. The Bertz CT molecular complexity index is 1860. The topological polar surface area (TPSA) is 110 Å². The molecule has 42 heavy (non-hydrogen) atoms. The van der Waals surface area contributed by atoms with Crippen LogP contribution in [0.1, 0.15) is 42.2 Å². The molecule has 1 saturated carbocycles. The number of rotatable bonds is 6. The number of imidazole rings is 1. The zero-order valence-electron chi connectivity index (χ0n) is 22.7. The predicted molar refractivity (Wildman–Crippen MR) is 149 cm³/mol. The Balaban J connectivity index is 1.25. The van der Waals surface area contributed by atoms with E-state index >= 15 is 0 Å².